The molecule has 2 N–H and O–H groups in total. The van der Waals surface area contributed by atoms with Gasteiger partial charge in [0.15, 0.2) is 0 Å². The second-order valence-electron chi connectivity index (χ2n) is 4.89. The molecule has 0 saturated carbocycles. The summed E-state index contributed by atoms with van der Waals surface area (Å²) >= 11 is 11.9. The van der Waals surface area contributed by atoms with Crippen LogP contribution in [0, 0.1) is 0 Å². The molecule has 0 fully saturated rings. The Labute approximate surface area is 145 Å². The molecule has 0 saturated heterocycles. The van der Waals surface area contributed by atoms with Gasteiger partial charge in [-0.25, -0.2) is 0 Å². The number of para-hydroxylation sites is 1. The maximum Gasteiger partial charge on any atom is 0.225 e. The quantitative estimate of drug-likeness (QED) is 0.737. The number of carbonyl (C=O) groups is 1. The van der Waals surface area contributed by atoms with Gasteiger partial charge in [0, 0.05) is 25.1 Å². The van der Waals surface area contributed by atoms with Crippen LogP contribution in [0.5, 0.6) is 5.75 Å². The highest BCUT2D eigenvalue weighted by Crippen LogP contribution is 2.29. The van der Waals surface area contributed by atoms with Crippen molar-refractivity contribution in [1.29, 1.82) is 0 Å². The predicted molar refractivity (Wildman–Crippen MR) is 94.4 cm³/mol. The fourth-order valence-electron chi connectivity index (χ4n) is 2.09. The van der Waals surface area contributed by atoms with Gasteiger partial charge >= 0.3 is 0 Å². The zero-order valence-corrected chi connectivity index (χ0v) is 14.2. The van der Waals surface area contributed by atoms with Crippen molar-refractivity contribution in [2.24, 2.45) is 0 Å². The molecule has 0 atom stereocenters. The highest BCUT2D eigenvalue weighted by Gasteiger charge is 2.08. The number of nitrogens with one attached hydrogen (secondary N) is 2. The van der Waals surface area contributed by atoms with E-state index in [-0.39, 0.29) is 5.91 Å². The van der Waals surface area contributed by atoms with E-state index in [0.717, 1.165) is 11.3 Å². The van der Waals surface area contributed by atoms with Crippen molar-refractivity contribution in [1.82, 2.24) is 5.32 Å². The predicted octanol–water partition coefficient (Wildman–Crippen LogP) is 4.12. The fourth-order valence-corrected chi connectivity index (χ4v) is 2.43. The van der Waals surface area contributed by atoms with Crippen LogP contribution >= 0.6 is 23.2 Å². The van der Waals surface area contributed by atoms with Crippen LogP contribution in [-0.2, 0) is 11.3 Å². The Hall–Kier alpha value is -1.75. The number of hydrogen-bond donors (Lipinski definition) is 2. The summed E-state index contributed by atoms with van der Waals surface area (Å²) in [5.41, 5.74) is 1.57. The van der Waals surface area contributed by atoms with Crippen molar-refractivity contribution in [2.75, 3.05) is 19.0 Å². The van der Waals surface area contributed by atoms with Crippen LogP contribution in [0.25, 0.3) is 0 Å². The lowest BCUT2D eigenvalue weighted by molar-refractivity contribution is -0.116. The van der Waals surface area contributed by atoms with E-state index < -0.39 is 0 Å². The number of hydrogen-bond acceptors (Lipinski definition) is 3. The first-order valence-corrected chi connectivity index (χ1v) is 7.94. The molecule has 0 aliphatic rings. The van der Waals surface area contributed by atoms with Crippen molar-refractivity contribution in [3.63, 3.8) is 0 Å². The molecule has 0 heterocycles. The summed E-state index contributed by atoms with van der Waals surface area (Å²) in [6.07, 6.45) is 0.331. The smallest absolute Gasteiger partial charge is 0.225 e. The lowest BCUT2D eigenvalue weighted by Crippen LogP contribution is -2.21. The van der Waals surface area contributed by atoms with Crippen LogP contribution in [0.2, 0.25) is 10.0 Å². The maximum atomic E-state index is 11.9. The number of carbonyl (C=O) groups excluding carboxylic acids is 1. The summed E-state index contributed by atoms with van der Waals surface area (Å²) in [5, 5.41) is 6.74. The van der Waals surface area contributed by atoms with E-state index in [1.807, 2.05) is 24.3 Å². The van der Waals surface area contributed by atoms with Crippen molar-refractivity contribution >= 4 is 34.8 Å². The molecular formula is C17H18Cl2N2O2. The number of amides is 1. The molecular weight excluding hydrogens is 335 g/mol. The van der Waals surface area contributed by atoms with E-state index in [9.17, 15) is 4.79 Å². The van der Waals surface area contributed by atoms with Crippen LogP contribution in [0.15, 0.2) is 42.5 Å². The normalized spacial score (nSPS) is 10.4. The number of halogens is 2. The van der Waals surface area contributed by atoms with E-state index >= 15 is 0 Å². The van der Waals surface area contributed by atoms with Gasteiger partial charge in [-0.05, 0) is 18.2 Å². The molecule has 23 heavy (non-hydrogen) atoms. The minimum atomic E-state index is -0.123. The van der Waals surface area contributed by atoms with Gasteiger partial charge in [0.1, 0.15) is 5.75 Å². The highest BCUT2D eigenvalue weighted by molar-refractivity contribution is 6.43. The molecule has 122 valence electrons. The van der Waals surface area contributed by atoms with E-state index in [4.69, 9.17) is 27.9 Å². The zero-order valence-electron chi connectivity index (χ0n) is 12.7. The van der Waals surface area contributed by atoms with Gasteiger partial charge in [0.2, 0.25) is 5.91 Å². The Balaban J connectivity index is 1.78. The Kier molecular flexibility index (Phi) is 6.71. The third-order valence-electron chi connectivity index (χ3n) is 3.26. The van der Waals surface area contributed by atoms with E-state index in [1.165, 1.54) is 0 Å². The topological polar surface area (TPSA) is 50.4 Å². The third-order valence-corrected chi connectivity index (χ3v) is 4.08. The molecule has 2 rings (SSSR count). The van der Waals surface area contributed by atoms with Gasteiger partial charge in [-0.15, -0.1) is 0 Å². The SMILES string of the molecule is COc1ccccc1CNCCC(=O)Nc1cccc(Cl)c1Cl. The molecule has 4 nitrogen and oxygen atoms in total. The van der Waals surface area contributed by atoms with Crippen molar-refractivity contribution in [3.8, 4) is 5.75 Å². The standard InChI is InChI=1S/C17H18Cl2N2O2/c1-23-15-8-3-2-5-12(15)11-20-10-9-16(22)21-14-7-4-6-13(18)17(14)19/h2-8,20H,9-11H2,1H3,(H,21,22). The monoisotopic (exact) mass is 352 g/mol. The number of ether oxygens (including phenoxy) is 1. The van der Waals surface area contributed by atoms with Gasteiger partial charge in [-0.2, -0.15) is 0 Å². The highest BCUT2D eigenvalue weighted by atomic mass is 35.5. The first-order chi connectivity index (χ1) is 11.1. The molecule has 2 aromatic carbocycles. The molecule has 0 spiro atoms. The molecule has 0 aliphatic carbocycles. The van der Waals surface area contributed by atoms with E-state index in [0.29, 0.717) is 35.2 Å². The zero-order chi connectivity index (χ0) is 16.7. The number of rotatable bonds is 7. The minimum Gasteiger partial charge on any atom is -0.496 e. The minimum absolute atomic E-state index is 0.123. The summed E-state index contributed by atoms with van der Waals surface area (Å²) in [7, 11) is 1.64. The van der Waals surface area contributed by atoms with E-state index in [2.05, 4.69) is 10.6 Å². The summed E-state index contributed by atoms with van der Waals surface area (Å²) in [4.78, 5) is 11.9. The second-order valence-corrected chi connectivity index (χ2v) is 5.67. The number of methoxy groups -OCH3 is 1. The number of benzene rings is 2. The Morgan fingerprint density at radius 3 is 2.70 bits per heavy atom. The first kappa shape index (κ1) is 17.6. The van der Waals surface area contributed by atoms with Crippen molar-refractivity contribution in [2.45, 2.75) is 13.0 Å². The summed E-state index contributed by atoms with van der Waals surface area (Å²) in [5.74, 6) is 0.705. The summed E-state index contributed by atoms with van der Waals surface area (Å²) < 4.78 is 5.28. The van der Waals surface area contributed by atoms with Crippen LogP contribution in [0.4, 0.5) is 5.69 Å². The average molecular weight is 353 g/mol. The molecule has 0 radical (unpaired) electrons. The molecule has 6 heteroatoms. The van der Waals surface area contributed by atoms with Crippen molar-refractivity contribution in [3.05, 3.63) is 58.1 Å². The van der Waals surface area contributed by atoms with Crippen LogP contribution in [0.3, 0.4) is 0 Å². The molecule has 0 unspecified atom stereocenters. The molecule has 0 aliphatic heterocycles. The number of anilines is 1. The Morgan fingerprint density at radius 2 is 1.91 bits per heavy atom. The molecule has 0 bridgehead atoms. The summed E-state index contributed by atoms with van der Waals surface area (Å²) in [6.45, 7) is 1.18. The second kappa shape index (κ2) is 8.77. The fraction of sp³-hybridized carbons (Fsp3) is 0.235. The summed E-state index contributed by atoms with van der Waals surface area (Å²) in [6, 6.07) is 12.9. The van der Waals surface area contributed by atoms with Crippen LogP contribution < -0.4 is 15.4 Å². The van der Waals surface area contributed by atoms with E-state index in [1.54, 1.807) is 25.3 Å². The van der Waals surface area contributed by atoms with Crippen LogP contribution in [-0.4, -0.2) is 19.6 Å². The van der Waals surface area contributed by atoms with Gasteiger partial charge < -0.3 is 15.4 Å². The Bertz CT molecular complexity index is 677. The van der Waals surface area contributed by atoms with Gasteiger partial charge in [0.25, 0.3) is 0 Å². The average Bonchev–Trinajstić information content (AvgIpc) is 2.56. The van der Waals surface area contributed by atoms with Crippen molar-refractivity contribution < 1.29 is 9.53 Å². The Morgan fingerprint density at radius 1 is 1.13 bits per heavy atom. The molecule has 0 aromatic heterocycles. The van der Waals surface area contributed by atoms with Gasteiger partial charge in [0.05, 0.1) is 22.8 Å². The lowest BCUT2D eigenvalue weighted by atomic mass is 10.2. The van der Waals surface area contributed by atoms with Gasteiger partial charge in [-0.3, -0.25) is 4.79 Å². The first-order valence-electron chi connectivity index (χ1n) is 7.18. The van der Waals surface area contributed by atoms with Gasteiger partial charge in [-0.1, -0.05) is 47.5 Å². The third kappa shape index (κ3) is 5.13. The van der Waals surface area contributed by atoms with Crippen LogP contribution in [0.1, 0.15) is 12.0 Å². The molecule has 2 aromatic rings. The molecule has 1 amide bonds. The maximum absolute atomic E-state index is 11.9. The lowest BCUT2D eigenvalue weighted by Gasteiger charge is -2.10. The largest absolute Gasteiger partial charge is 0.496 e.